The van der Waals surface area contributed by atoms with E-state index in [-0.39, 0.29) is 45.3 Å². The maximum atomic E-state index is 13.4. The summed E-state index contributed by atoms with van der Waals surface area (Å²) in [7, 11) is 2.59. The maximum absolute atomic E-state index is 13.4. The number of phenols is 3. The van der Waals surface area contributed by atoms with Gasteiger partial charge in [-0.3, -0.25) is 4.79 Å². The average molecular weight is 478 g/mol. The molecule has 0 bridgehead atoms. The fourth-order valence-electron chi connectivity index (χ4n) is 3.67. The minimum absolute atomic E-state index is 0.0327. The van der Waals surface area contributed by atoms with Crippen LogP contribution in [0.1, 0.15) is 0 Å². The van der Waals surface area contributed by atoms with Gasteiger partial charge in [0.2, 0.25) is 23.2 Å². The molecule has 1 aromatic heterocycles. The molecule has 12 nitrogen and oxygen atoms in total. The number of hydrogen-bond donors (Lipinski definition) is 6. The van der Waals surface area contributed by atoms with E-state index in [1.165, 1.54) is 26.4 Å². The molecule has 1 aliphatic heterocycles. The van der Waals surface area contributed by atoms with Gasteiger partial charge in [-0.1, -0.05) is 0 Å². The van der Waals surface area contributed by atoms with Crippen LogP contribution in [0.2, 0.25) is 0 Å². The number of aromatic hydroxyl groups is 3. The molecule has 3 aromatic rings. The zero-order valence-electron chi connectivity index (χ0n) is 18.0. The Labute approximate surface area is 191 Å². The van der Waals surface area contributed by atoms with Crippen molar-refractivity contribution in [1.82, 2.24) is 0 Å². The SMILES string of the molecule is COc1cc(-c2oc3cc(O)cc(O)c3c(=O)c2O[C@@H]2O[C@@H](CO)[C@H](O)[C@H]2O)cc(OC)c1O. The van der Waals surface area contributed by atoms with Crippen molar-refractivity contribution in [2.24, 2.45) is 0 Å². The lowest BCUT2D eigenvalue weighted by Crippen LogP contribution is -2.36. The van der Waals surface area contributed by atoms with Crippen LogP contribution >= 0.6 is 0 Å². The van der Waals surface area contributed by atoms with E-state index in [0.717, 1.165) is 12.1 Å². The first-order valence-corrected chi connectivity index (χ1v) is 9.97. The topological polar surface area (TPSA) is 189 Å². The van der Waals surface area contributed by atoms with Crippen molar-refractivity contribution in [3.63, 3.8) is 0 Å². The van der Waals surface area contributed by atoms with Crippen molar-refractivity contribution in [2.45, 2.75) is 24.6 Å². The third-order valence-corrected chi connectivity index (χ3v) is 5.39. The summed E-state index contributed by atoms with van der Waals surface area (Å²) < 4.78 is 27.0. The van der Waals surface area contributed by atoms with Gasteiger partial charge < -0.3 is 54.0 Å². The Bertz CT molecular complexity index is 1260. The molecule has 4 atom stereocenters. The van der Waals surface area contributed by atoms with E-state index in [2.05, 4.69) is 0 Å². The molecule has 0 radical (unpaired) electrons. The molecular weight excluding hydrogens is 456 g/mol. The minimum atomic E-state index is -1.63. The third kappa shape index (κ3) is 3.82. The lowest BCUT2D eigenvalue weighted by Gasteiger charge is -2.19. The van der Waals surface area contributed by atoms with Gasteiger partial charge in [-0.05, 0) is 12.1 Å². The largest absolute Gasteiger partial charge is 0.508 e. The molecule has 1 fully saturated rings. The number of rotatable bonds is 6. The number of hydrogen-bond acceptors (Lipinski definition) is 12. The first kappa shape index (κ1) is 23.4. The number of fused-ring (bicyclic) bond motifs is 1. The van der Waals surface area contributed by atoms with Crippen LogP contribution in [0.5, 0.6) is 34.5 Å². The summed E-state index contributed by atoms with van der Waals surface area (Å²) in [6.45, 7) is -0.621. The van der Waals surface area contributed by atoms with Gasteiger partial charge in [0.1, 0.15) is 40.8 Å². The van der Waals surface area contributed by atoms with Crippen LogP contribution in [-0.4, -0.2) is 76.1 Å². The van der Waals surface area contributed by atoms with Crippen molar-refractivity contribution >= 4 is 11.0 Å². The monoisotopic (exact) mass is 478 g/mol. The Kier molecular flexibility index (Phi) is 6.15. The van der Waals surface area contributed by atoms with E-state index in [9.17, 15) is 35.4 Å². The van der Waals surface area contributed by atoms with Gasteiger partial charge in [0.05, 0.1) is 20.8 Å². The quantitative estimate of drug-likeness (QED) is 0.287. The number of phenolic OH excluding ortho intramolecular Hbond substituents is 3. The molecule has 0 saturated carbocycles. The van der Waals surface area contributed by atoms with Crippen LogP contribution in [0.3, 0.4) is 0 Å². The third-order valence-electron chi connectivity index (χ3n) is 5.39. The second-order valence-electron chi connectivity index (χ2n) is 7.48. The van der Waals surface area contributed by atoms with E-state index < -0.39 is 48.1 Å². The summed E-state index contributed by atoms with van der Waals surface area (Å²) in [5.74, 6) is -2.14. The van der Waals surface area contributed by atoms with Crippen LogP contribution in [0.4, 0.5) is 0 Å². The molecule has 182 valence electrons. The molecule has 0 amide bonds. The molecule has 34 heavy (non-hydrogen) atoms. The van der Waals surface area contributed by atoms with Gasteiger partial charge in [-0.25, -0.2) is 0 Å². The summed E-state index contributed by atoms with van der Waals surface area (Å²) in [4.78, 5) is 13.4. The van der Waals surface area contributed by atoms with Gasteiger partial charge >= 0.3 is 0 Å². The Hall–Kier alpha value is -3.71. The number of aliphatic hydroxyl groups is 3. The number of ether oxygens (including phenoxy) is 4. The predicted molar refractivity (Wildman–Crippen MR) is 114 cm³/mol. The molecule has 0 aliphatic carbocycles. The highest BCUT2D eigenvalue weighted by atomic mass is 16.7. The van der Waals surface area contributed by atoms with E-state index in [1.54, 1.807) is 0 Å². The number of methoxy groups -OCH3 is 2. The number of aliphatic hydroxyl groups excluding tert-OH is 3. The zero-order valence-corrected chi connectivity index (χ0v) is 18.0. The zero-order chi connectivity index (χ0) is 24.7. The highest BCUT2D eigenvalue weighted by Gasteiger charge is 2.44. The van der Waals surface area contributed by atoms with Crippen molar-refractivity contribution in [2.75, 3.05) is 20.8 Å². The molecule has 0 unspecified atom stereocenters. The lowest BCUT2D eigenvalue weighted by atomic mass is 10.1. The van der Waals surface area contributed by atoms with Gasteiger partial charge in [0.15, 0.2) is 17.3 Å². The maximum Gasteiger partial charge on any atom is 0.239 e. The molecule has 6 N–H and O–H groups in total. The van der Waals surface area contributed by atoms with Gasteiger partial charge in [-0.15, -0.1) is 0 Å². The van der Waals surface area contributed by atoms with Crippen molar-refractivity contribution in [1.29, 1.82) is 0 Å². The van der Waals surface area contributed by atoms with Crippen LogP contribution in [0.15, 0.2) is 33.5 Å². The van der Waals surface area contributed by atoms with Crippen molar-refractivity contribution in [3.8, 4) is 45.8 Å². The van der Waals surface area contributed by atoms with Crippen LogP contribution < -0.4 is 19.6 Å². The molecule has 0 spiro atoms. The minimum Gasteiger partial charge on any atom is -0.508 e. The highest BCUT2D eigenvalue weighted by Crippen LogP contribution is 2.44. The summed E-state index contributed by atoms with van der Waals surface area (Å²) in [5, 5.41) is 59.6. The summed E-state index contributed by atoms with van der Waals surface area (Å²) >= 11 is 0. The molecule has 2 heterocycles. The fourth-order valence-corrected chi connectivity index (χ4v) is 3.67. The molecular formula is C22H22O12. The molecule has 12 heteroatoms. The Balaban J connectivity index is 1.97. The summed E-state index contributed by atoms with van der Waals surface area (Å²) in [6, 6.07) is 4.66. The first-order valence-electron chi connectivity index (χ1n) is 9.97. The van der Waals surface area contributed by atoms with E-state index in [4.69, 9.17) is 23.4 Å². The fraction of sp³-hybridized carbons (Fsp3) is 0.318. The molecule has 1 aliphatic rings. The van der Waals surface area contributed by atoms with Crippen LogP contribution in [0, 0.1) is 0 Å². The van der Waals surface area contributed by atoms with Crippen molar-refractivity contribution < 1.29 is 54.0 Å². The second kappa shape index (κ2) is 8.91. The average Bonchev–Trinajstić information content (AvgIpc) is 3.08. The van der Waals surface area contributed by atoms with Gasteiger partial charge in [-0.2, -0.15) is 0 Å². The Morgan fingerprint density at radius 1 is 0.971 bits per heavy atom. The van der Waals surface area contributed by atoms with Gasteiger partial charge in [0, 0.05) is 17.7 Å². The van der Waals surface area contributed by atoms with E-state index in [1.807, 2.05) is 0 Å². The first-order chi connectivity index (χ1) is 16.2. The smallest absolute Gasteiger partial charge is 0.239 e. The van der Waals surface area contributed by atoms with E-state index >= 15 is 0 Å². The summed E-state index contributed by atoms with van der Waals surface area (Å²) in [5.41, 5.74) is -0.968. The van der Waals surface area contributed by atoms with Crippen LogP contribution in [-0.2, 0) is 4.74 Å². The Morgan fingerprint density at radius 3 is 2.18 bits per heavy atom. The standard InChI is InChI=1S/C22H22O12/c1-30-12-3-8(4-13(31-2)16(12)26)20-21(34-22-19(29)17(27)14(7-23)33-22)18(28)15-10(25)5-9(24)6-11(15)32-20/h3-6,14,17,19,22-27,29H,7H2,1-2H3/t14-,17-,19+,22-/m0/s1. The molecule has 4 rings (SSSR count). The highest BCUT2D eigenvalue weighted by molar-refractivity contribution is 5.88. The van der Waals surface area contributed by atoms with Crippen LogP contribution in [0.25, 0.3) is 22.3 Å². The Morgan fingerprint density at radius 2 is 1.62 bits per heavy atom. The van der Waals surface area contributed by atoms with Crippen molar-refractivity contribution in [3.05, 3.63) is 34.5 Å². The van der Waals surface area contributed by atoms with E-state index in [0.29, 0.717) is 0 Å². The summed E-state index contributed by atoms with van der Waals surface area (Å²) in [6.07, 6.45) is -5.87. The van der Waals surface area contributed by atoms with Gasteiger partial charge in [0.25, 0.3) is 0 Å². The second-order valence-corrected chi connectivity index (χ2v) is 7.48. The lowest BCUT2D eigenvalue weighted by molar-refractivity contribution is -0.117. The molecule has 1 saturated heterocycles. The predicted octanol–water partition coefficient (Wildman–Crippen LogP) is 0.412. The normalized spacial score (nSPS) is 22.1. The number of benzene rings is 2. The molecule has 2 aromatic carbocycles.